The maximum atomic E-state index is 15.2. The fourth-order valence-electron chi connectivity index (χ4n) is 8.33. The molecule has 18 heteroatoms. The van der Waals surface area contributed by atoms with Crippen LogP contribution in [0.15, 0.2) is 65.5 Å². The van der Waals surface area contributed by atoms with Gasteiger partial charge >= 0.3 is 6.03 Å². The van der Waals surface area contributed by atoms with Crippen molar-refractivity contribution in [2.75, 3.05) is 98.1 Å². The van der Waals surface area contributed by atoms with Gasteiger partial charge in [0.15, 0.2) is 0 Å². The third kappa shape index (κ3) is 8.89. The minimum absolute atomic E-state index is 0.151. The third-order valence-corrected chi connectivity index (χ3v) is 13.5. The Hall–Kier alpha value is -5.38. The summed E-state index contributed by atoms with van der Waals surface area (Å²) in [5.74, 6) is 1.27. The van der Waals surface area contributed by atoms with Crippen LogP contribution in [0.25, 0.3) is 11.0 Å². The van der Waals surface area contributed by atoms with Crippen LogP contribution in [0.2, 0.25) is 0 Å². The monoisotopic (exact) mass is 899 g/mol. The number of rotatable bonds is 11. The van der Waals surface area contributed by atoms with Crippen LogP contribution in [0.4, 0.5) is 49.4 Å². The average molecular weight is 901 g/mol. The first-order valence-electron chi connectivity index (χ1n) is 20.0. The average Bonchev–Trinajstić information content (AvgIpc) is 3.22. The summed E-state index contributed by atoms with van der Waals surface area (Å²) >= 11 is 3.58. The topological polar surface area (TPSA) is 161 Å². The zero-order chi connectivity index (χ0) is 42.1. The molecule has 3 N–H and O–H groups in total. The molecule has 15 nitrogen and oxygen atoms in total. The summed E-state index contributed by atoms with van der Waals surface area (Å²) in [6.45, 7) is 12.1. The first-order valence-corrected chi connectivity index (χ1v) is 23.4. The van der Waals surface area contributed by atoms with Crippen LogP contribution in [-0.2, 0) is 9.36 Å². The normalized spacial score (nSPS) is 16.9. The van der Waals surface area contributed by atoms with E-state index in [1.165, 1.54) is 11.0 Å². The van der Waals surface area contributed by atoms with Crippen molar-refractivity contribution < 1.29 is 23.3 Å². The molecule has 60 heavy (non-hydrogen) atoms. The molecule has 3 amide bonds. The minimum atomic E-state index is -2.77. The molecule has 8 rings (SSSR count). The Bertz CT molecular complexity index is 2490. The van der Waals surface area contributed by atoms with E-state index in [9.17, 15) is 14.2 Å². The number of aryl methyl sites for hydroxylation is 1. The number of nitrogens with zero attached hydrogens (tertiary/aromatic N) is 8. The van der Waals surface area contributed by atoms with Crippen LogP contribution in [0, 0.1) is 18.7 Å². The predicted molar refractivity (Wildman–Crippen MR) is 238 cm³/mol. The molecule has 0 radical (unpaired) electrons. The van der Waals surface area contributed by atoms with Crippen molar-refractivity contribution in [3.63, 3.8) is 0 Å². The first-order chi connectivity index (χ1) is 28.8. The number of hydrogen-bond donors (Lipinski definition) is 3. The van der Waals surface area contributed by atoms with Crippen molar-refractivity contribution in [1.82, 2.24) is 30.2 Å². The number of piperidine rings is 1. The van der Waals surface area contributed by atoms with Crippen molar-refractivity contribution >= 4 is 91.6 Å². The van der Waals surface area contributed by atoms with Crippen LogP contribution in [-0.4, -0.2) is 110 Å². The van der Waals surface area contributed by atoms with Gasteiger partial charge in [-0.1, -0.05) is 0 Å². The Balaban J connectivity index is 0.867. The molecule has 314 valence electrons. The van der Waals surface area contributed by atoms with E-state index in [-0.39, 0.29) is 24.6 Å². The molecule has 3 saturated heterocycles. The molecule has 3 aliphatic heterocycles. The van der Waals surface area contributed by atoms with Gasteiger partial charge in [0.2, 0.25) is 11.9 Å². The van der Waals surface area contributed by atoms with E-state index in [2.05, 4.69) is 80.6 Å². The molecular weight excluding hydrogens is 852 g/mol. The van der Waals surface area contributed by atoms with Crippen LogP contribution < -0.4 is 40.7 Å². The van der Waals surface area contributed by atoms with Crippen molar-refractivity contribution in [3.8, 4) is 5.75 Å². The van der Waals surface area contributed by atoms with Crippen molar-refractivity contribution in [2.45, 2.75) is 26.2 Å². The molecule has 5 heterocycles. The summed E-state index contributed by atoms with van der Waals surface area (Å²) in [7, 11) is -1.12. The molecule has 5 aromatic rings. The fourth-order valence-corrected chi connectivity index (χ4v) is 10.0. The summed E-state index contributed by atoms with van der Waals surface area (Å²) < 4.78 is 35.2. The number of piperazine rings is 1. The molecule has 3 fully saturated rings. The van der Waals surface area contributed by atoms with Crippen LogP contribution in [0.1, 0.15) is 24.8 Å². The second-order valence-corrected chi connectivity index (χ2v) is 19.8. The highest BCUT2D eigenvalue weighted by molar-refractivity contribution is 9.10. The maximum absolute atomic E-state index is 15.2. The number of aromatic nitrogens is 4. The number of imide groups is 1. The van der Waals surface area contributed by atoms with E-state index >= 15 is 4.39 Å². The van der Waals surface area contributed by atoms with Gasteiger partial charge in [-0.05, 0) is 96.9 Å². The van der Waals surface area contributed by atoms with Gasteiger partial charge in [0.25, 0.3) is 0 Å². The summed E-state index contributed by atoms with van der Waals surface area (Å²) in [6, 6.07) is 12.2. The molecule has 0 spiro atoms. The number of carbonyl (C=O) groups is 2. The molecule has 0 bridgehead atoms. The Labute approximate surface area is 356 Å². The number of urea groups is 1. The number of hydrogen-bond acceptors (Lipinski definition) is 13. The Morgan fingerprint density at radius 1 is 0.900 bits per heavy atom. The van der Waals surface area contributed by atoms with Gasteiger partial charge in [-0.2, -0.15) is 4.98 Å². The summed E-state index contributed by atoms with van der Waals surface area (Å²) in [5.41, 5.74) is 5.83. The van der Waals surface area contributed by atoms with Gasteiger partial charge in [-0.3, -0.25) is 29.9 Å². The molecule has 2 aromatic heterocycles. The summed E-state index contributed by atoms with van der Waals surface area (Å²) in [6.07, 6.45) is 7.07. The smallest absolute Gasteiger partial charge is 0.328 e. The highest BCUT2D eigenvalue weighted by Gasteiger charge is 2.29. The van der Waals surface area contributed by atoms with Crippen molar-refractivity contribution in [1.29, 1.82) is 0 Å². The molecule has 0 aliphatic carbocycles. The Kier molecular flexibility index (Phi) is 11.9. The molecule has 3 aromatic carbocycles. The number of benzene rings is 3. The van der Waals surface area contributed by atoms with Crippen LogP contribution >= 0.6 is 23.1 Å². The molecule has 3 aliphatic rings. The largest absolute Gasteiger partial charge is 0.494 e. The van der Waals surface area contributed by atoms with Crippen LogP contribution in [0.5, 0.6) is 5.75 Å². The van der Waals surface area contributed by atoms with E-state index < -0.39 is 19.0 Å². The second kappa shape index (κ2) is 17.3. The minimum Gasteiger partial charge on any atom is -0.494 e. The Morgan fingerprint density at radius 3 is 2.38 bits per heavy atom. The number of halogens is 2. The van der Waals surface area contributed by atoms with E-state index in [0.717, 1.165) is 81.3 Å². The van der Waals surface area contributed by atoms with Gasteiger partial charge in [0, 0.05) is 94.8 Å². The van der Waals surface area contributed by atoms with Gasteiger partial charge < -0.3 is 29.7 Å². The summed E-state index contributed by atoms with van der Waals surface area (Å²) in [4.78, 5) is 50.4. The zero-order valence-corrected chi connectivity index (χ0v) is 36.5. The maximum Gasteiger partial charge on any atom is 0.328 e. The van der Waals surface area contributed by atoms with Gasteiger partial charge in [0.05, 0.1) is 39.5 Å². The number of methoxy groups -OCH3 is 1. The highest BCUT2D eigenvalue weighted by Crippen LogP contribution is 2.42. The van der Waals surface area contributed by atoms with E-state index in [0.29, 0.717) is 49.9 Å². The highest BCUT2D eigenvalue weighted by atomic mass is 79.9. The predicted octanol–water partition coefficient (Wildman–Crippen LogP) is 6.86. The number of carbonyl (C=O) groups excluding carboxylic acids is 2. The van der Waals surface area contributed by atoms with E-state index in [1.807, 2.05) is 18.2 Å². The number of amides is 3. The number of anilines is 7. The number of ether oxygens (including phenoxy) is 1. The molecule has 0 atom stereocenters. The lowest BCUT2D eigenvalue weighted by molar-refractivity contribution is -0.120. The van der Waals surface area contributed by atoms with Crippen LogP contribution in [0.3, 0.4) is 0 Å². The first kappa shape index (κ1) is 41.4. The Morgan fingerprint density at radius 2 is 1.67 bits per heavy atom. The number of nitrogens with one attached hydrogen (secondary N) is 3. The van der Waals surface area contributed by atoms with Crippen molar-refractivity contribution in [3.05, 3.63) is 76.9 Å². The van der Waals surface area contributed by atoms with Gasteiger partial charge in [-0.25, -0.2) is 14.2 Å². The zero-order valence-electron chi connectivity index (χ0n) is 34.0. The lowest BCUT2D eigenvalue weighted by Gasteiger charge is -2.40. The third-order valence-electron chi connectivity index (χ3n) is 11.4. The SMILES string of the molecule is COc1cc(N2CCN(CC3CCN(c4ccc(N5CCC(=O)NC5=O)c(F)c4)CC3)CC2)c(C)cc1Nc1ncc(Br)c(Nc2ccc3nccnc3c2P(C)(C)=O)n1. The summed E-state index contributed by atoms with van der Waals surface area (Å²) in [5, 5.41) is 9.57. The number of fused-ring (bicyclic) bond motifs is 1. The lowest BCUT2D eigenvalue weighted by Crippen LogP contribution is -2.50. The second-order valence-electron chi connectivity index (χ2n) is 15.8. The van der Waals surface area contributed by atoms with Gasteiger partial charge in [-0.15, -0.1) is 0 Å². The van der Waals surface area contributed by atoms with E-state index in [4.69, 9.17) is 9.72 Å². The molecule has 0 unspecified atom stereocenters. The fraction of sp³-hybridized carbons (Fsp3) is 0.381. The quantitative estimate of drug-likeness (QED) is 0.118. The molecular formula is C42H48BrFN11O4P. The van der Waals surface area contributed by atoms with E-state index in [1.54, 1.807) is 45.1 Å². The van der Waals surface area contributed by atoms with Gasteiger partial charge in [0.1, 0.15) is 30.0 Å². The van der Waals surface area contributed by atoms with Crippen molar-refractivity contribution in [2.24, 2.45) is 5.92 Å². The standard InChI is InChI=1S/C42H48BrFN11O4P/c1-26-21-33(49-41-47-24-29(43)40(51-41)48-32-7-6-31-38(46-13-12-45-31)39(32)60(3,4)58)36(59-2)23-35(26)54-19-17-52(18-20-54)25-27-9-14-53(15-10-27)28-5-8-34(30(44)22-28)55-16-11-37(56)50-42(55)57/h5-8,12-13,21-24,27H,9-11,14-20,25H2,1-4H3,(H,50,56,57)(H2,47,48,49,51). The lowest BCUT2D eigenvalue weighted by atomic mass is 9.95. The molecule has 0 saturated carbocycles.